The van der Waals surface area contributed by atoms with Gasteiger partial charge in [0.2, 0.25) is 10.0 Å². The minimum Gasteiger partial charge on any atom is -0.357 e. The van der Waals surface area contributed by atoms with Crippen LogP contribution in [0.3, 0.4) is 0 Å². The Kier molecular flexibility index (Phi) is 10.3. The molecular weight excluding hydrogens is 434 g/mol. The Morgan fingerprint density at radius 2 is 2.04 bits per heavy atom. The van der Waals surface area contributed by atoms with Gasteiger partial charge in [-0.15, -0.1) is 24.0 Å². The van der Waals surface area contributed by atoms with Crippen molar-refractivity contribution in [2.75, 3.05) is 25.4 Å². The van der Waals surface area contributed by atoms with E-state index in [1.807, 2.05) is 13.8 Å². The first-order chi connectivity index (χ1) is 10.3. The summed E-state index contributed by atoms with van der Waals surface area (Å²) in [6, 6.07) is 4.70. The molecule has 0 aliphatic heterocycles. The van der Waals surface area contributed by atoms with Gasteiger partial charge < -0.3 is 10.6 Å². The van der Waals surface area contributed by atoms with Gasteiger partial charge in [-0.25, -0.2) is 17.9 Å². The molecule has 6 nitrogen and oxygen atoms in total. The zero-order chi connectivity index (χ0) is 16.6. The minimum atomic E-state index is -3.51. The summed E-state index contributed by atoms with van der Waals surface area (Å²) < 4.78 is 34.8. The number of aliphatic imine (C=N–C) groups is 1. The standard InChI is InChI=1S/C14H23FN4O2S.HI/c1-3-17-14(19-8-9-22(16,20)21)18-7-6-12-4-5-13(15)10-11(12)2;/h4-5,10H,3,6-9H2,1-2H3,(H2,16,20,21)(H2,17,18,19);1H. The van der Waals surface area contributed by atoms with E-state index in [9.17, 15) is 12.8 Å². The Hall–Kier alpha value is -0.940. The van der Waals surface area contributed by atoms with Gasteiger partial charge >= 0.3 is 0 Å². The number of aryl methyl sites for hydroxylation is 1. The van der Waals surface area contributed by atoms with Gasteiger partial charge in [-0.1, -0.05) is 6.07 Å². The molecule has 1 aromatic carbocycles. The molecule has 1 rings (SSSR count). The Morgan fingerprint density at radius 1 is 1.35 bits per heavy atom. The molecule has 0 saturated heterocycles. The van der Waals surface area contributed by atoms with Gasteiger partial charge in [0.05, 0.1) is 12.3 Å². The van der Waals surface area contributed by atoms with Gasteiger partial charge in [-0.3, -0.25) is 4.99 Å². The Balaban J connectivity index is 0.00000484. The van der Waals surface area contributed by atoms with Crippen LogP contribution < -0.4 is 15.8 Å². The lowest BCUT2D eigenvalue weighted by molar-refractivity contribution is 0.597. The van der Waals surface area contributed by atoms with Crippen LogP contribution in [0, 0.1) is 12.7 Å². The van der Waals surface area contributed by atoms with Gasteiger partial charge in [0.1, 0.15) is 5.82 Å². The average molecular weight is 458 g/mol. The van der Waals surface area contributed by atoms with Crippen LogP contribution >= 0.6 is 24.0 Å². The van der Waals surface area contributed by atoms with Crippen LogP contribution in [0.15, 0.2) is 23.2 Å². The quantitative estimate of drug-likeness (QED) is 0.325. The largest absolute Gasteiger partial charge is 0.357 e. The lowest BCUT2D eigenvalue weighted by Gasteiger charge is -2.12. The molecule has 0 aliphatic rings. The lowest BCUT2D eigenvalue weighted by atomic mass is 10.1. The first kappa shape index (κ1) is 22.1. The Labute approximate surface area is 154 Å². The molecule has 0 spiro atoms. The van der Waals surface area contributed by atoms with Crippen LogP contribution in [0.2, 0.25) is 0 Å². The number of benzene rings is 1. The number of rotatable bonds is 7. The van der Waals surface area contributed by atoms with E-state index in [-0.39, 0.29) is 42.1 Å². The maximum Gasteiger partial charge on any atom is 0.210 e. The molecule has 132 valence electrons. The van der Waals surface area contributed by atoms with E-state index in [2.05, 4.69) is 15.6 Å². The molecular formula is C14H24FIN4O2S. The van der Waals surface area contributed by atoms with Crippen molar-refractivity contribution in [2.45, 2.75) is 20.3 Å². The summed E-state index contributed by atoms with van der Waals surface area (Å²) in [7, 11) is -3.51. The number of hydrogen-bond donors (Lipinski definition) is 3. The highest BCUT2D eigenvalue weighted by Gasteiger charge is 2.04. The van der Waals surface area contributed by atoms with Gasteiger partial charge in [-0.05, 0) is 43.5 Å². The molecule has 0 saturated carbocycles. The van der Waals surface area contributed by atoms with Crippen molar-refractivity contribution in [1.29, 1.82) is 0 Å². The maximum absolute atomic E-state index is 13.0. The first-order valence-electron chi connectivity index (χ1n) is 7.09. The van der Waals surface area contributed by atoms with Crippen molar-refractivity contribution in [3.8, 4) is 0 Å². The molecule has 0 fully saturated rings. The fourth-order valence-corrected chi connectivity index (χ4v) is 2.23. The highest BCUT2D eigenvalue weighted by atomic mass is 127. The van der Waals surface area contributed by atoms with E-state index in [1.165, 1.54) is 12.1 Å². The molecule has 0 bridgehead atoms. The molecule has 0 unspecified atom stereocenters. The van der Waals surface area contributed by atoms with Crippen molar-refractivity contribution in [3.63, 3.8) is 0 Å². The number of hydrogen-bond acceptors (Lipinski definition) is 3. The third-order valence-corrected chi connectivity index (χ3v) is 3.73. The van der Waals surface area contributed by atoms with Gasteiger partial charge in [0.15, 0.2) is 5.96 Å². The summed E-state index contributed by atoms with van der Waals surface area (Å²) in [4.78, 5) is 4.14. The second-order valence-electron chi connectivity index (χ2n) is 4.88. The molecule has 0 heterocycles. The first-order valence-corrected chi connectivity index (χ1v) is 8.81. The van der Waals surface area contributed by atoms with Crippen LogP contribution in [0.4, 0.5) is 4.39 Å². The van der Waals surface area contributed by atoms with Crippen LogP contribution in [0.1, 0.15) is 18.1 Å². The molecule has 0 atom stereocenters. The minimum absolute atomic E-state index is 0. The van der Waals surface area contributed by atoms with Gasteiger partial charge in [0, 0.05) is 13.1 Å². The van der Waals surface area contributed by atoms with Crippen molar-refractivity contribution in [2.24, 2.45) is 10.1 Å². The number of guanidine groups is 1. The van der Waals surface area contributed by atoms with E-state index >= 15 is 0 Å². The normalized spacial score (nSPS) is 11.7. The number of nitrogens with zero attached hydrogens (tertiary/aromatic N) is 1. The van der Waals surface area contributed by atoms with Crippen LogP contribution in [0.25, 0.3) is 0 Å². The summed E-state index contributed by atoms with van der Waals surface area (Å²) in [5, 5.41) is 11.1. The fraction of sp³-hybridized carbons (Fsp3) is 0.500. The topological polar surface area (TPSA) is 96.6 Å². The molecule has 0 aromatic heterocycles. The van der Waals surface area contributed by atoms with Crippen molar-refractivity contribution in [3.05, 3.63) is 35.1 Å². The smallest absolute Gasteiger partial charge is 0.210 e. The zero-order valence-corrected chi connectivity index (χ0v) is 16.4. The van der Waals surface area contributed by atoms with Crippen molar-refractivity contribution >= 4 is 40.0 Å². The summed E-state index contributed by atoms with van der Waals surface area (Å²) in [6.45, 7) is 5.15. The number of nitrogens with two attached hydrogens (primary N) is 1. The summed E-state index contributed by atoms with van der Waals surface area (Å²) in [6.07, 6.45) is 0.714. The van der Waals surface area contributed by atoms with Crippen LogP contribution in [-0.2, 0) is 16.4 Å². The summed E-state index contributed by atoms with van der Waals surface area (Å²) >= 11 is 0. The van der Waals surface area contributed by atoms with E-state index in [4.69, 9.17) is 5.14 Å². The second kappa shape index (κ2) is 10.8. The van der Waals surface area contributed by atoms with Crippen molar-refractivity contribution < 1.29 is 12.8 Å². The van der Waals surface area contributed by atoms with Crippen LogP contribution in [-0.4, -0.2) is 39.8 Å². The van der Waals surface area contributed by atoms with Crippen molar-refractivity contribution in [1.82, 2.24) is 10.6 Å². The van der Waals surface area contributed by atoms with E-state index in [0.29, 0.717) is 25.5 Å². The van der Waals surface area contributed by atoms with Gasteiger partial charge in [-0.2, -0.15) is 0 Å². The molecule has 0 amide bonds. The predicted molar refractivity (Wildman–Crippen MR) is 102 cm³/mol. The highest BCUT2D eigenvalue weighted by Crippen LogP contribution is 2.10. The predicted octanol–water partition coefficient (Wildman–Crippen LogP) is 1.14. The average Bonchev–Trinajstić information content (AvgIpc) is 2.40. The third kappa shape index (κ3) is 9.72. The Morgan fingerprint density at radius 3 is 2.61 bits per heavy atom. The molecule has 9 heteroatoms. The zero-order valence-electron chi connectivity index (χ0n) is 13.3. The number of sulfonamides is 1. The fourth-order valence-electron chi connectivity index (χ4n) is 1.88. The summed E-state index contributed by atoms with van der Waals surface area (Å²) in [5.74, 6) is 0.0960. The van der Waals surface area contributed by atoms with Gasteiger partial charge in [0.25, 0.3) is 0 Å². The van der Waals surface area contributed by atoms with E-state index in [1.54, 1.807) is 6.07 Å². The monoisotopic (exact) mass is 458 g/mol. The molecule has 4 N–H and O–H groups in total. The number of halogens is 2. The molecule has 0 radical (unpaired) electrons. The van der Waals surface area contributed by atoms with E-state index in [0.717, 1.165) is 11.1 Å². The maximum atomic E-state index is 13.0. The van der Waals surface area contributed by atoms with Crippen LogP contribution in [0.5, 0.6) is 0 Å². The molecule has 23 heavy (non-hydrogen) atoms. The Bertz CT molecular complexity index is 623. The molecule has 0 aliphatic carbocycles. The third-order valence-electron chi connectivity index (χ3n) is 2.98. The van der Waals surface area contributed by atoms with E-state index < -0.39 is 10.0 Å². The summed E-state index contributed by atoms with van der Waals surface area (Å²) in [5.41, 5.74) is 1.95. The lowest BCUT2D eigenvalue weighted by Crippen LogP contribution is -2.38. The number of primary sulfonamides is 1. The second-order valence-corrected chi connectivity index (χ2v) is 6.61. The highest BCUT2D eigenvalue weighted by molar-refractivity contribution is 14.0. The SMILES string of the molecule is CCNC(=NCCS(N)(=O)=O)NCCc1ccc(F)cc1C.I. The molecule has 1 aromatic rings. The number of nitrogens with one attached hydrogen (secondary N) is 2.